The van der Waals surface area contributed by atoms with Crippen molar-refractivity contribution in [2.24, 2.45) is 0 Å². The Balaban J connectivity index is 1.85. The van der Waals surface area contributed by atoms with Crippen LogP contribution >= 0.6 is 11.8 Å². The Morgan fingerprint density at radius 3 is 2.52 bits per heavy atom. The molecule has 0 spiro atoms. The van der Waals surface area contributed by atoms with E-state index in [-0.39, 0.29) is 16.3 Å². The predicted octanol–water partition coefficient (Wildman–Crippen LogP) is 3.29. The normalized spacial score (nSPS) is 10.3. The minimum Gasteiger partial charge on any atom is -0.455 e. The number of hydrogen-bond donors (Lipinski definition) is 1. The number of rotatable bonds is 7. The molecule has 0 aliphatic heterocycles. The Hall–Kier alpha value is -3.08. The van der Waals surface area contributed by atoms with Crippen LogP contribution in [0.4, 0.5) is 24.5 Å². The Kier molecular flexibility index (Phi) is 6.77. The number of carbonyl (C=O) groups excluding carboxylic acids is 2. The first-order valence-corrected chi connectivity index (χ1v) is 8.23. The first-order chi connectivity index (χ1) is 12.8. The molecule has 0 heterocycles. The molecule has 2 rings (SSSR count). The number of anilines is 1. The molecule has 0 saturated carbocycles. The number of thioether (sulfide) groups is 1. The molecule has 0 fully saturated rings. The van der Waals surface area contributed by atoms with Crippen molar-refractivity contribution >= 4 is 35.0 Å². The first kappa shape index (κ1) is 20.2. The molecule has 0 bridgehead atoms. The second-order valence-electron chi connectivity index (χ2n) is 4.95. The van der Waals surface area contributed by atoms with Crippen LogP contribution in [0.3, 0.4) is 0 Å². The summed E-state index contributed by atoms with van der Waals surface area (Å²) < 4.78 is 44.0. The molecule has 2 aromatic carbocycles. The molecule has 0 saturated heterocycles. The molecular formula is C16H11F3N2O5S. The minimum atomic E-state index is -1.74. The third kappa shape index (κ3) is 5.45. The van der Waals surface area contributed by atoms with Gasteiger partial charge in [0.05, 0.1) is 21.3 Å². The van der Waals surface area contributed by atoms with E-state index in [2.05, 4.69) is 4.74 Å². The lowest BCUT2D eigenvalue weighted by atomic mass is 10.3. The van der Waals surface area contributed by atoms with Gasteiger partial charge in [-0.2, -0.15) is 0 Å². The zero-order chi connectivity index (χ0) is 20.0. The highest BCUT2D eigenvalue weighted by molar-refractivity contribution is 8.00. The van der Waals surface area contributed by atoms with Gasteiger partial charge in [0.15, 0.2) is 24.1 Å². The van der Waals surface area contributed by atoms with Crippen LogP contribution in [0, 0.1) is 27.6 Å². The summed E-state index contributed by atoms with van der Waals surface area (Å²) in [6, 6.07) is 7.21. The van der Waals surface area contributed by atoms with Crippen LogP contribution in [0.15, 0.2) is 41.3 Å². The number of nitrogens with one attached hydrogen (secondary N) is 1. The molecule has 11 heteroatoms. The maximum absolute atomic E-state index is 13.4. The van der Waals surface area contributed by atoms with Crippen molar-refractivity contribution in [3.8, 4) is 0 Å². The molecule has 2 aromatic rings. The molecule has 0 atom stereocenters. The number of nitro groups is 1. The average Bonchev–Trinajstić information content (AvgIpc) is 2.65. The lowest BCUT2D eigenvalue weighted by Gasteiger charge is -2.08. The van der Waals surface area contributed by atoms with Crippen molar-refractivity contribution in [1.29, 1.82) is 0 Å². The average molecular weight is 400 g/mol. The third-order valence-corrected chi connectivity index (χ3v) is 4.12. The number of nitro benzene ring substituents is 1. The highest BCUT2D eigenvalue weighted by Crippen LogP contribution is 2.28. The van der Waals surface area contributed by atoms with E-state index >= 15 is 0 Å². The maximum Gasteiger partial charge on any atom is 0.316 e. The van der Waals surface area contributed by atoms with Crippen molar-refractivity contribution < 1.29 is 32.4 Å². The lowest BCUT2D eigenvalue weighted by Crippen LogP contribution is -2.22. The summed E-state index contributed by atoms with van der Waals surface area (Å²) in [6.45, 7) is -0.797. The summed E-state index contributed by atoms with van der Waals surface area (Å²) in [7, 11) is 0. The Morgan fingerprint density at radius 1 is 1.11 bits per heavy atom. The van der Waals surface area contributed by atoms with Gasteiger partial charge < -0.3 is 10.1 Å². The van der Waals surface area contributed by atoms with Gasteiger partial charge in [-0.05, 0) is 18.2 Å². The standard InChI is InChI=1S/C16H11F3N2O5S/c17-9-5-6-10(16(19)15(9)18)20-13(22)7-26-14(23)8-27-12-4-2-1-3-11(12)21(24)25/h1-6H,7-8H2,(H,20,22). The fourth-order valence-corrected chi connectivity index (χ4v) is 2.69. The number of carbonyl (C=O) groups is 2. The smallest absolute Gasteiger partial charge is 0.316 e. The monoisotopic (exact) mass is 400 g/mol. The van der Waals surface area contributed by atoms with Crippen LogP contribution in [0.1, 0.15) is 0 Å². The highest BCUT2D eigenvalue weighted by atomic mass is 32.2. The zero-order valence-electron chi connectivity index (χ0n) is 13.4. The second kappa shape index (κ2) is 9.03. The molecule has 0 aliphatic rings. The number of esters is 1. The fraction of sp³-hybridized carbons (Fsp3) is 0.125. The van der Waals surface area contributed by atoms with Crippen molar-refractivity contribution in [3.63, 3.8) is 0 Å². The van der Waals surface area contributed by atoms with E-state index in [1.54, 1.807) is 6.07 Å². The fourth-order valence-electron chi connectivity index (χ4n) is 1.86. The molecule has 1 amide bonds. The molecule has 142 valence electrons. The minimum absolute atomic E-state index is 0.179. The number of halogens is 3. The molecule has 7 nitrogen and oxygen atoms in total. The number of benzene rings is 2. The van der Waals surface area contributed by atoms with Crippen LogP contribution in [-0.4, -0.2) is 29.2 Å². The summed E-state index contributed by atoms with van der Waals surface area (Å²) in [5.41, 5.74) is -0.786. The van der Waals surface area contributed by atoms with Gasteiger partial charge in [-0.1, -0.05) is 12.1 Å². The van der Waals surface area contributed by atoms with Crippen LogP contribution in [0.25, 0.3) is 0 Å². The summed E-state index contributed by atoms with van der Waals surface area (Å²) in [5, 5.41) is 12.8. The zero-order valence-corrected chi connectivity index (χ0v) is 14.2. The van der Waals surface area contributed by atoms with E-state index in [9.17, 15) is 32.9 Å². The van der Waals surface area contributed by atoms with Crippen LogP contribution in [-0.2, 0) is 14.3 Å². The van der Waals surface area contributed by atoms with Gasteiger partial charge in [0.1, 0.15) is 0 Å². The highest BCUT2D eigenvalue weighted by Gasteiger charge is 2.17. The van der Waals surface area contributed by atoms with E-state index in [0.29, 0.717) is 6.07 Å². The summed E-state index contributed by atoms with van der Waals surface area (Å²) in [4.78, 5) is 33.8. The third-order valence-electron chi connectivity index (χ3n) is 3.08. The van der Waals surface area contributed by atoms with Gasteiger partial charge in [0.25, 0.3) is 11.6 Å². The van der Waals surface area contributed by atoms with Gasteiger partial charge in [0, 0.05) is 6.07 Å². The topological polar surface area (TPSA) is 98.5 Å². The van der Waals surface area contributed by atoms with Crippen LogP contribution in [0.5, 0.6) is 0 Å². The maximum atomic E-state index is 13.4. The van der Waals surface area contributed by atoms with Crippen LogP contribution < -0.4 is 5.32 Å². The Morgan fingerprint density at radius 2 is 1.81 bits per heavy atom. The SMILES string of the molecule is O=C(COC(=O)CSc1ccccc1[N+](=O)[O-])Nc1ccc(F)c(F)c1F. The quantitative estimate of drug-likeness (QED) is 0.252. The van der Waals surface area contributed by atoms with Crippen molar-refractivity contribution in [1.82, 2.24) is 0 Å². The molecular weight excluding hydrogens is 389 g/mol. The van der Waals surface area contributed by atoms with Gasteiger partial charge in [-0.3, -0.25) is 19.7 Å². The largest absolute Gasteiger partial charge is 0.455 e. The van der Waals surface area contributed by atoms with Crippen LogP contribution in [0.2, 0.25) is 0 Å². The van der Waals surface area contributed by atoms with E-state index in [4.69, 9.17) is 0 Å². The molecule has 0 aromatic heterocycles. The number of hydrogen-bond acceptors (Lipinski definition) is 6. The Labute approximate surface area is 154 Å². The number of nitrogens with zero attached hydrogens (tertiary/aromatic N) is 1. The molecule has 0 unspecified atom stereocenters. The number of amides is 1. The molecule has 0 aliphatic carbocycles. The molecule has 0 radical (unpaired) electrons. The first-order valence-electron chi connectivity index (χ1n) is 7.24. The second-order valence-corrected chi connectivity index (χ2v) is 5.96. The van der Waals surface area contributed by atoms with Crippen molar-refractivity contribution in [3.05, 3.63) is 64.0 Å². The predicted molar refractivity (Wildman–Crippen MR) is 89.7 cm³/mol. The van der Waals surface area contributed by atoms with E-state index < -0.39 is 46.5 Å². The summed E-state index contributed by atoms with van der Waals surface area (Å²) in [6.07, 6.45) is 0. The van der Waals surface area contributed by atoms with Gasteiger partial charge in [0.2, 0.25) is 0 Å². The van der Waals surface area contributed by atoms with E-state index in [1.807, 2.05) is 5.32 Å². The van der Waals surface area contributed by atoms with Gasteiger partial charge >= 0.3 is 5.97 Å². The number of ether oxygens (including phenoxy) is 1. The summed E-state index contributed by atoms with van der Waals surface area (Å²) >= 11 is 0.846. The van der Waals surface area contributed by atoms with Gasteiger partial charge in [-0.15, -0.1) is 11.8 Å². The van der Waals surface area contributed by atoms with Crippen molar-refractivity contribution in [2.75, 3.05) is 17.7 Å². The lowest BCUT2D eigenvalue weighted by molar-refractivity contribution is -0.387. The Bertz CT molecular complexity index is 894. The summed E-state index contributed by atoms with van der Waals surface area (Å²) in [5.74, 6) is -6.86. The number of para-hydroxylation sites is 1. The molecule has 27 heavy (non-hydrogen) atoms. The van der Waals surface area contributed by atoms with E-state index in [1.165, 1.54) is 18.2 Å². The van der Waals surface area contributed by atoms with Crippen molar-refractivity contribution in [2.45, 2.75) is 4.90 Å². The van der Waals surface area contributed by atoms with E-state index in [0.717, 1.165) is 17.8 Å². The van der Waals surface area contributed by atoms with Gasteiger partial charge in [-0.25, -0.2) is 13.2 Å². The molecule has 1 N–H and O–H groups in total.